The van der Waals surface area contributed by atoms with E-state index in [-0.39, 0.29) is 11.3 Å². The molecule has 2 aliphatic rings. The van der Waals surface area contributed by atoms with Gasteiger partial charge in [0.15, 0.2) is 0 Å². The summed E-state index contributed by atoms with van der Waals surface area (Å²) in [6.45, 7) is 3.25. The zero-order valence-corrected chi connectivity index (χ0v) is 16.6. The lowest BCUT2D eigenvalue weighted by Gasteiger charge is -2.45. The normalized spacial score (nSPS) is 24.4. The van der Waals surface area contributed by atoms with Gasteiger partial charge in [0.05, 0.1) is 5.75 Å². The smallest absolute Gasteiger partial charge is 0.218 e. The molecule has 27 heavy (non-hydrogen) atoms. The first kappa shape index (κ1) is 18.7. The third-order valence-electron chi connectivity index (χ3n) is 6.06. The minimum Gasteiger partial charge on any atom is -0.292 e. The van der Waals surface area contributed by atoms with E-state index < -0.39 is 10.0 Å². The second-order valence-corrected chi connectivity index (χ2v) is 9.88. The molecule has 2 saturated heterocycles. The average Bonchev–Trinajstić information content (AvgIpc) is 3.04. The van der Waals surface area contributed by atoms with Gasteiger partial charge in [-0.3, -0.25) is 4.90 Å². The van der Waals surface area contributed by atoms with Crippen molar-refractivity contribution < 1.29 is 8.42 Å². The molecule has 0 aliphatic carbocycles. The fourth-order valence-electron chi connectivity index (χ4n) is 4.69. The molecule has 0 N–H and O–H groups in total. The van der Waals surface area contributed by atoms with E-state index in [1.165, 1.54) is 5.56 Å². The Morgan fingerprint density at radius 2 is 1.41 bits per heavy atom. The molecule has 2 fully saturated rings. The Bertz CT molecular complexity index is 854. The maximum absolute atomic E-state index is 13.1. The molecule has 4 rings (SSSR count). The van der Waals surface area contributed by atoms with E-state index in [0.717, 1.165) is 44.3 Å². The Hall–Kier alpha value is -1.69. The van der Waals surface area contributed by atoms with Crippen molar-refractivity contribution in [2.45, 2.75) is 43.5 Å². The summed E-state index contributed by atoms with van der Waals surface area (Å²) in [6, 6.07) is 20.1. The van der Waals surface area contributed by atoms with E-state index in [2.05, 4.69) is 29.2 Å². The molecule has 2 heterocycles. The predicted octanol–water partition coefficient (Wildman–Crippen LogP) is 3.65. The van der Waals surface area contributed by atoms with Crippen LogP contribution < -0.4 is 0 Å². The van der Waals surface area contributed by atoms with Crippen LogP contribution in [-0.2, 0) is 22.3 Å². The molecule has 1 spiro atoms. The average molecular weight is 385 g/mol. The van der Waals surface area contributed by atoms with Crippen molar-refractivity contribution in [1.82, 2.24) is 9.21 Å². The highest BCUT2D eigenvalue weighted by molar-refractivity contribution is 7.88. The van der Waals surface area contributed by atoms with Gasteiger partial charge in [-0.1, -0.05) is 60.7 Å². The molecule has 0 bridgehead atoms. The van der Waals surface area contributed by atoms with Crippen LogP contribution in [0.15, 0.2) is 60.7 Å². The van der Waals surface area contributed by atoms with E-state index in [4.69, 9.17) is 0 Å². The molecule has 5 heteroatoms. The van der Waals surface area contributed by atoms with Crippen LogP contribution in [0.3, 0.4) is 0 Å². The molecule has 2 aliphatic heterocycles. The van der Waals surface area contributed by atoms with Crippen molar-refractivity contribution in [3.05, 3.63) is 71.8 Å². The highest BCUT2D eigenvalue weighted by Gasteiger charge is 2.46. The van der Waals surface area contributed by atoms with Gasteiger partial charge >= 0.3 is 0 Å². The number of likely N-dealkylation sites (tertiary alicyclic amines) is 1. The van der Waals surface area contributed by atoms with E-state index in [1.54, 1.807) is 4.31 Å². The minimum atomic E-state index is -3.29. The molecule has 4 nitrogen and oxygen atoms in total. The molecule has 144 valence electrons. The lowest BCUT2D eigenvalue weighted by atomic mass is 9.87. The minimum absolute atomic E-state index is 0.00213. The maximum Gasteiger partial charge on any atom is 0.218 e. The number of nitrogens with zero attached hydrogens (tertiary/aromatic N) is 2. The van der Waals surface area contributed by atoms with Gasteiger partial charge < -0.3 is 0 Å². The quantitative estimate of drug-likeness (QED) is 0.790. The van der Waals surface area contributed by atoms with Crippen LogP contribution >= 0.6 is 0 Å². The highest BCUT2D eigenvalue weighted by atomic mass is 32.2. The second-order valence-electron chi connectivity index (χ2n) is 7.91. The summed E-state index contributed by atoms with van der Waals surface area (Å²) < 4.78 is 27.9. The molecule has 0 saturated carbocycles. The molecular formula is C22H28N2O2S. The topological polar surface area (TPSA) is 40.6 Å². The van der Waals surface area contributed by atoms with Crippen LogP contribution in [0.4, 0.5) is 0 Å². The summed E-state index contributed by atoms with van der Waals surface area (Å²) in [5.41, 5.74) is 2.17. The van der Waals surface area contributed by atoms with E-state index >= 15 is 0 Å². The van der Waals surface area contributed by atoms with Gasteiger partial charge in [-0.15, -0.1) is 0 Å². The Morgan fingerprint density at radius 3 is 2.07 bits per heavy atom. The fourth-order valence-corrected chi connectivity index (χ4v) is 6.33. The molecule has 2 aromatic rings. The molecule has 0 amide bonds. The number of hydrogen-bond donors (Lipinski definition) is 0. The second kappa shape index (κ2) is 7.74. The third-order valence-corrected chi connectivity index (χ3v) is 7.86. The number of hydrogen-bond acceptors (Lipinski definition) is 3. The lowest BCUT2D eigenvalue weighted by molar-refractivity contribution is 0.0678. The van der Waals surface area contributed by atoms with Gasteiger partial charge in [0.1, 0.15) is 0 Å². The fraction of sp³-hybridized carbons (Fsp3) is 0.455. The molecular weight excluding hydrogens is 356 g/mol. The predicted molar refractivity (Wildman–Crippen MR) is 109 cm³/mol. The Kier molecular flexibility index (Phi) is 5.35. The number of rotatable bonds is 5. The molecule has 0 radical (unpaired) electrons. The first-order valence-electron chi connectivity index (χ1n) is 9.88. The van der Waals surface area contributed by atoms with Crippen molar-refractivity contribution in [3.8, 4) is 0 Å². The van der Waals surface area contributed by atoms with Crippen LogP contribution in [-0.4, -0.2) is 42.8 Å². The summed E-state index contributed by atoms with van der Waals surface area (Å²) in [7, 11) is -3.29. The van der Waals surface area contributed by atoms with Gasteiger partial charge in [-0.25, -0.2) is 8.42 Å². The highest BCUT2D eigenvalue weighted by Crippen LogP contribution is 2.39. The van der Waals surface area contributed by atoms with E-state index in [0.29, 0.717) is 13.1 Å². The van der Waals surface area contributed by atoms with Gasteiger partial charge in [0.2, 0.25) is 10.0 Å². The van der Waals surface area contributed by atoms with E-state index in [9.17, 15) is 8.42 Å². The van der Waals surface area contributed by atoms with E-state index in [1.807, 2.05) is 36.4 Å². The summed E-state index contributed by atoms with van der Waals surface area (Å²) in [5.74, 6) is 0.0998. The number of sulfonamides is 1. The molecule has 1 unspecified atom stereocenters. The van der Waals surface area contributed by atoms with Gasteiger partial charge in [-0.2, -0.15) is 4.31 Å². The SMILES string of the molecule is O=S(=O)(Cc1ccccc1)N1CCCC2(CCCN2Cc2ccccc2)C1. The number of piperidine rings is 1. The Morgan fingerprint density at radius 1 is 0.815 bits per heavy atom. The van der Waals surface area contributed by atoms with Crippen LogP contribution in [0.1, 0.15) is 36.8 Å². The first-order chi connectivity index (χ1) is 13.1. The molecule has 0 aromatic heterocycles. The van der Waals surface area contributed by atoms with Gasteiger partial charge in [-0.05, 0) is 43.4 Å². The standard InChI is InChI=1S/C22H28N2O2S/c25-27(26,18-21-11-5-2-6-12-21)24-16-8-14-22(19-24)13-7-15-23(22)17-20-9-3-1-4-10-20/h1-6,9-12H,7-8,13-19H2. The first-order valence-corrected chi connectivity index (χ1v) is 11.5. The van der Waals surface area contributed by atoms with Crippen LogP contribution in [0.2, 0.25) is 0 Å². The third kappa shape index (κ3) is 4.10. The summed E-state index contributed by atoms with van der Waals surface area (Å²) in [6.07, 6.45) is 4.28. The summed E-state index contributed by atoms with van der Waals surface area (Å²) in [4.78, 5) is 2.53. The van der Waals surface area contributed by atoms with Crippen LogP contribution in [0.5, 0.6) is 0 Å². The van der Waals surface area contributed by atoms with Gasteiger partial charge in [0, 0.05) is 25.2 Å². The molecule has 1 atom stereocenters. The lowest BCUT2D eigenvalue weighted by Crippen LogP contribution is -2.56. The monoisotopic (exact) mass is 384 g/mol. The zero-order chi connectivity index (χ0) is 18.7. The van der Waals surface area contributed by atoms with Crippen LogP contribution in [0, 0.1) is 0 Å². The summed E-state index contributed by atoms with van der Waals surface area (Å²) >= 11 is 0. The molecule has 2 aromatic carbocycles. The Labute approximate surface area is 162 Å². The summed E-state index contributed by atoms with van der Waals surface area (Å²) in [5, 5.41) is 0. The Balaban J connectivity index is 1.51. The van der Waals surface area contributed by atoms with Gasteiger partial charge in [0.25, 0.3) is 0 Å². The van der Waals surface area contributed by atoms with Crippen molar-refractivity contribution in [2.75, 3.05) is 19.6 Å². The van der Waals surface area contributed by atoms with Crippen molar-refractivity contribution in [2.24, 2.45) is 0 Å². The zero-order valence-electron chi connectivity index (χ0n) is 15.8. The van der Waals surface area contributed by atoms with Crippen molar-refractivity contribution in [1.29, 1.82) is 0 Å². The maximum atomic E-state index is 13.1. The van der Waals surface area contributed by atoms with Crippen molar-refractivity contribution in [3.63, 3.8) is 0 Å². The van der Waals surface area contributed by atoms with Crippen molar-refractivity contribution >= 4 is 10.0 Å². The largest absolute Gasteiger partial charge is 0.292 e. The number of benzene rings is 2. The van der Waals surface area contributed by atoms with Crippen LogP contribution in [0.25, 0.3) is 0 Å².